The highest BCUT2D eigenvalue weighted by Gasteiger charge is 2.11. The first-order valence-electron chi connectivity index (χ1n) is 6.76. The highest BCUT2D eigenvalue weighted by Crippen LogP contribution is 2.17. The van der Waals surface area contributed by atoms with Crippen molar-refractivity contribution in [2.75, 3.05) is 13.7 Å². The van der Waals surface area contributed by atoms with Crippen molar-refractivity contribution in [2.24, 2.45) is 0 Å². The molecule has 0 aliphatic rings. The van der Waals surface area contributed by atoms with Gasteiger partial charge in [0, 0.05) is 24.0 Å². The summed E-state index contributed by atoms with van der Waals surface area (Å²) in [6, 6.07) is 5.51. The number of carbonyl (C=O) groups is 2. The van der Waals surface area contributed by atoms with E-state index in [0.29, 0.717) is 18.0 Å². The predicted molar refractivity (Wildman–Crippen MR) is 83.0 cm³/mol. The summed E-state index contributed by atoms with van der Waals surface area (Å²) >= 11 is 5.92. The Hall–Kier alpha value is -2.47. The number of aromatic nitrogens is 1. The second-order valence-electron chi connectivity index (χ2n) is 4.70. The molecule has 0 saturated heterocycles. The van der Waals surface area contributed by atoms with Crippen molar-refractivity contribution in [3.05, 3.63) is 64.2 Å². The lowest BCUT2D eigenvalue weighted by Crippen LogP contribution is -2.26. The Kier molecular flexibility index (Phi) is 5.65. The molecule has 2 rings (SSSR count). The first-order chi connectivity index (χ1) is 11.0. The van der Waals surface area contributed by atoms with Crippen LogP contribution in [-0.4, -0.2) is 30.5 Å². The van der Waals surface area contributed by atoms with Crippen molar-refractivity contribution in [3.63, 3.8) is 0 Å². The fourth-order valence-corrected chi connectivity index (χ4v) is 2.19. The number of nitrogens with one attached hydrogen (secondary N) is 1. The Morgan fingerprint density at radius 3 is 2.70 bits per heavy atom. The summed E-state index contributed by atoms with van der Waals surface area (Å²) < 4.78 is 17.5. The molecule has 0 fully saturated rings. The maximum absolute atomic E-state index is 13.0. The Labute approximate surface area is 137 Å². The lowest BCUT2D eigenvalue weighted by Gasteiger charge is -2.07. The fraction of sp³-hybridized carbons (Fsp3) is 0.188. The molecule has 1 aromatic heterocycles. The van der Waals surface area contributed by atoms with Gasteiger partial charge in [0.1, 0.15) is 5.82 Å². The van der Waals surface area contributed by atoms with Crippen LogP contribution in [0.2, 0.25) is 5.02 Å². The Balaban J connectivity index is 1.96. The van der Waals surface area contributed by atoms with Crippen molar-refractivity contribution in [1.29, 1.82) is 0 Å². The van der Waals surface area contributed by atoms with E-state index in [4.69, 9.17) is 11.6 Å². The van der Waals surface area contributed by atoms with E-state index in [1.807, 2.05) is 0 Å². The first-order valence-corrected chi connectivity index (χ1v) is 7.14. The zero-order valence-corrected chi connectivity index (χ0v) is 13.1. The van der Waals surface area contributed by atoms with Crippen LogP contribution in [0.5, 0.6) is 0 Å². The van der Waals surface area contributed by atoms with Crippen LogP contribution >= 0.6 is 11.6 Å². The molecule has 2 aromatic rings. The van der Waals surface area contributed by atoms with E-state index in [9.17, 15) is 14.0 Å². The molecule has 1 heterocycles. The van der Waals surface area contributed by atoms with Crippen LogP contribution in [0.25, 0.3) is 0 Å². The number of rotatable bonds is 5. The molecule has 0 radical (unpaired) electrons. The molecule has 0 aliphatic carbocycles. The van der Waals surface area contributed by atoms with Gasteiger partial charge in [-0.05, 0) is 30.2 Å². The summed E-state index contributed by atoms with van der Waals surface area (Å²) in [5.74, 6) is -1.35. The van der Waals surface area contributed by atoms with E-state index < -0.39 is 11.8 Å². The summed E-state index contributed by atoms with van der Waals surface area (Å²) in [5, 5.41) is 3.00. The molecule has 1 N–H and O–H groups in total. The first kappa shape index (κ1) is 16.9. The maximum Gasteiger partial charge on any atom is 0.339 e. The van der Waals surface area contributed by atoms with Gasteiger partial charge in [-0.3, -0.25) is 9.78 Å². The van der Waals surface area contributed by atoms with Gasteiger partial charge in [0.05, 0.1) is 18.2 Å². The third kappa shape index (κ3) is 4.50. The second kappa shape index (κ2) is 7.69. The molecule has 1 amide bonds. The molecule has 0 aliphatic heterocycles. The second-order valence-corrected chi connectivity index (χ2v) is 5.10. The van der Waals surface area contributed by atoms with E-state index in [1.165, 1.54) is 37.7 Å². The van der Waals surface area contributed by atoms with Crippen LogP contribution in [0, 0.1) is 5.82 Å². The summed E-state index contributed by atoms with van der Waals surface area (Å²) in [4.78, 5) is 27.3. The Bertz CT molecular complexity index is 737. The third-order valence-corrected chi connectivity index (χ3v) is 3.47. The van der Waals surface area contributed by atoms with Gasteiger partial charge in [-0.1, -0.05) is 17.7 Å². The molecule has 23 heavy (non-hydrogen) atoms. The smallest absolute Gasteiger partial charge is 0.339 e. The summed E-state index contributed by atoms with van der Waals surface area (Å²) in [7, 11) is 1.25. The number of hydrogen-bond acceptors (Lipinski definition) is 4. The Morgan fingerprint density at radius 1 is 1.26 bits per heavy atom. The van der Waals surface area contributed by atoms with E-state index >= 15 is 0 Å². The minimum atomic E-state index is -0.565. The van der Waals surface area contributed by atoms with Gasteiger partial charge in [-0.2, -0.15) is 0 Å². The number of halogens is 2. The van der Waals surface area contributed by atoms with Crippen LogP contribution in [0.15, 0.2) is 36.7 Å². The minimum Gasteiger partial charge on any atom is -0.465 e. The van der Waals surface area contributed by atoms with Crippen molar-refractivity contribution in [3.8, 4) is 0 Å². The number of amides is 1. The van der Waals surface area contributed by atoms with Crippen LogP contribution in [-0.2, 0) is 11.2 Å². The number of hydrogen-bond donors (Lipinski definition) is 1. The van der Waals surface area contributed by atoms with Crippen LogP contribution < -0.4 is 5.32 Å². The highest BCUT2D eigenvalue weighted by atomic mass is 35.5. The number of benzene rings is 1. The van der Waals surface area contributed by atoms with Crippen molar-refractivity contribution in [1.82, 2.24) is 10.3 Å². The maximum atomic E-state index is 13.0. The van der Waals surface area contributed by atoms with Gasteiger partial charge >= 0.3 is 5.97 Å². The molecule has 120 valence electrons. The number of ether oxygens (including phenoxy) is 1. The summed E-state index contributed by atoms with van der Waals surface area (Å²) in [5.41, 5.74) is 1.18. The average molecular weight is 337 g/mol. The zero-order chi connectivity index (χ0) is 16.8. The number of pyridine rings is 1. The summed E-state index contributed by atoms with van der Waals surface area (Å²) in [6.07, 6.45) is 3.13. The van der Waals surface area contributed by atoms with Gasteiger partial charge in [-0.15, -0.1) is 0 Å². The SMILES string of the molecule is COC(=O)c1cncc(C(=O)NCCc2ccc(F)cc2Cl)c1. The monoisotopic (exact) mass is 336 g/mol. The number of esters is 1. The zero-order valence-electron chi connectivity index (χ0n) is 12.3. The van der Waals surface area contributed by atoms with E-state index in [2.05, 4.69) is 15.0 Å². The molecule has 0 unspecified atom stereocenters. The van der Waals surface area contributed by atoms with Gasteiger partial charge in [0.25, 0.3) is 5.91 Å². The molecular weight excluding hydrogens is 323 g/mol. The average Bonchev–Trinajstić information content (AvgIpc) is 2.56. The quantitative estimate of drug-likeness (QED) is 0.852. The van der Waals surface area contributed by atoms with Gasteiger partial charge < -0.3 is 10.1 Å². The highest BCUT2D eigenvalue weighted by molar-refractivity contribution is 6.31. The number of carbonyl (C=O) groups excluding carboxylic acids is 2. The molecule has 0 saturated carbocycles. The normalized spacial score (nSPS) is 10.2. The minimum absolute atomic E-state index is 0.196. The van der Waals surface area contributed by atoms with E-state index in [1.54, 1.807) is 6.07 Å². The predicted octanol–water partition coefficient (Wildman–Crippen LogP) is 2.63. The van der Waals surface area contributed by atoms with Gasteiger partial charge in [0.2, 0.25) is 0 Å². The molecule has 1 aromatic carbocycles. The number of methoxy groups -OCH3 is 1. The van der Waals surface area contributed by atoms with Crippen molar-refractivity contribution in [2.45, 2.75) is 6.42 Å². The topological polar surface area (TPSA) is 68.3 Å². The molecular formula is C16H14ClFN2O3. The fourth-order valence-electron chi connectivity index (χ4n) is 1.93. The molecule has 5 nitrogen and oxygen atoms in total. The Morgan fingerprint density at radius 2 is 2.00 bits per heavy atom. The molecule has 0 atom stereocenters. The van der Waals surface area contributed by atoms with Gasteiger partial charge in [-0.25, -0.2) is 9.18 Å². The van der Waals surface area contributed by atoms with E-state index in [0.717, 1.165) is 5.56 Å². The molecule has 7 heteroatoms. The lowest BCUT2D eigenvalue weighted by molar-refractivity contribution is 0.0600. The third-order valence-electron chi connectivity index (χ3n) is 3.12. The van der Waals surface area contributed by atoms with Crippen LogP contribution in [0.1, 0.15) is 26.3 Å². The molecule has 0 spiro atoms. The van der Waals surface area contributed by atoms with E-state index in [-0.39, 0.29) is 17.0 Å². The van der Waals surface area contributed by atoms with Gasteiger partial charge in [0.15, 0.2) is 0 Å². The largest absolute Gasteiger partial charge is 0.465 e. The molecule has 0 bridgehead atoms. The van der Waals surface area contributed by atoms with Crippen molar-refractivity contribution >= 4 is 23.5 Å². The number of nitrogens with zero attached hydrogens (tertiary/aromatic N) is 1. The lowest BCUT2D eigenvalue weighted by atomic mass is 10.1. The van der Waals surface area contributed by atoms with Crippen LogP contribution in [0.4, 0.5) is 4.39 Å². The van der Waals surface area contributed by atoms with Crippen LogP contribution in [0.3, 0.4) is 0 Å². The standard InChI is InChI=1S/C16H14ClFN2O3/c1-23-16(22)12-6-11(8-19-9-12)15(21)20-5-4-10-2-3-13(18)7-14(10)17/h2-3,6-9H,4-5H2,1H3,(H,20,21). The van der Waals surface area contributed by atoms with Crippen molar-refractivity contribution < 1.29 is 18.7 Å². The summed E-state index contributed by atoms with van der Waals surface area (Å²) in [6.45, 7) is 0.312.